The summed E-state index contributed by atoms with van der Waals surface area (Å²) >= 11 is 6.68. The number of carbonyl (C=O) groups excluding carboxylic acids is 1. The maximum Gasteiger partial charge on any atom is 0.316 e. The van der Waals surface area contributed by atoms with E-state index in [1.807, 2.05) is 0 Å². The van der Waals surface area contributed by atoms with Crippen LogP contribution in [0.4, 0.5) is 16.2 Å². The lowest BCUT2D eigenvalue weighted by atomic mass is 10.3. The Morgan fingerprint density at radius 3 is 2.20 bits per heavy atom. The monoisotopic (exact) mass is 331 g/mol. The molecule has 0 bridgehead atoms. The molecule has 2 amide bonds. The number of nitrogens with one attached hydrogen (secondary N) is 2. The Labute approximate surface area is 124 Å². The fourth-order valence-electron chi connectivity index (χ4n) is 1.41. The molecule has 2 rings (SSSR count). The van der Waals surface area contributed by atoms with Crippen molar-refractivity contribution in [1.29, 1.82) is 0 Å². The van der Waals surface area contributed by atoms with Gasteiger partial charge in [-0.2, -0.15) is 0 Å². The molecule has 0 aliphatic rings. The molecule has 0 saturated carbocycles. The second-order valence-electron chi connectivity index (χ2n) is 3.73. The fourth-order valence-corrected chi connectivity index (χ4v) is 3.95. The zero-order chi connectivity index (χ0) is 14.8. The van der Waals surface area contributed by atoms with Crippen LogP contribution in [0.3, 0.4) is 0 Å². The van der Waals surface area contributed by atoms with Crippen molar-refractivity contribution < 1.29 is 13.2 Å². The summed E-state index contributed by atoms with van der Waals surface area (Å²) in [4.78, 5) is 10.7. The molecule has 106 valence electrons. The van der Waals surface area contributed by atoms with Crippen LogP contribution in [0.2, 0.25) is 4.34 Å². The Bertz CT molecular complexity index is 726. The van der Waals surface area contributed by atoms with Crippen molar-refractivity contribution in [1.82, 2.24) is 0 Å². The Hall–Kier alpha value is -1.77. The summed E-state index contributed by atoms with van der Waals surface area (Å²) in [5.74, 6) is 0. The summed E-state index contributed by atoms with van der Waals surface area (Å²) in [5, 5.41) is 2.38. The van der Waals surface area contributed by atoms with E-state index >= 15 is 0 Å². The van der Waals surface area contributed by atoms with Crippen LogP contribution in [0.25, 0.3) is 0 Å². The van der Waals surface area contributed by atoms with Gasteiger partial charge >= 0.3 is 6.03 Å². The van der Waals surface area contributed by atoms with Gasteiger partial charge in [0.2, 0.25) is 0 Å². The molecule has 2 aromatic rings. The molecule has 0 atom stereocenters. The van der Waals surface area contributed by atoms with Crippen molar-refractivity contribution in [2.24, 2.45) is 5.73 Å². The number of sulfonamides is 1. The van der Waals surface area contributed by atoms with Gasteiger partial charge in [-0.25, -0.2) is 13.2 Å². The van der Waals surface area contributed by atoms with Gasteiger partial charge in [-0.05, 0) is 36.4 Å². The first-order chi connectivity index (χ1) is 9.37. The van der Waals surface area contributed by atoms with E-state index in [0.29, 0.717) is 15.7 Å². The van der Waals surface area contributed by atoms with Crippen molar-refractivity contribution in [3.05, 3.63) is 40.7 Å². The second-order valence-corrected chi connectivity index (χ2v) is 7.35. The van der Waals surface area contributed by atoms with E-state index in [1.165, 1.54) is 36.4 Å². The minimum atomic E-state index is -3.66. The smallest absolute Gasteiger partial charge is 0.316 e. The lowest BCUT2D eigenvalue weighted by Gasteiger charge is -2.07. The number of carbonyl (C=O) groups is 1. The molecule has 20 heavy (non-hydrogen) atoms. The Morgan fingerprint density at radius 2 is 1.70 bits per heavy atom. The van der Waals surface area contributed by atoms with Crippen molar-refractivity contribution in [3.63, 3.8) is 0 Å². The van der Waals surface area contributed by atoms with Crippen LogP contribution in [0.1, 0.15) is 0 Å². The van der Waals surface area contributed by atoms with Gasteiger partial charge in [0.05, 0.1) is 4.34 Å². The maximum absolute atomic E-state index is 12.0. The van der Waals surface area contributed by atoms with Crippen molar-refractivity contribution >= 4 is 50.4 Å². The maximum atomic E-state index is 12.0. The number of thiophene rings is 1. The molecule has 4 N–H and O–H groups in total. The summed E-state index contributed by atoms with van der Waals surface area (Å²) in [7, 11) is -3.66. The van der Waals surface area contributed by atoms with Crippen LogP contribution in [0.5, 0.6) is 0 Å². The number of nitrogens with two attached hydrogens (primary N) is 1. The van der Waals surface area contributed by atoms with Gasteiger partial charge in [0.25, 0.3) is 10.0 Å². The fraction of sp³-hybridized carbons (Fsp3) is 0. The third-order valence-corrected chi connectivity index (χ3v) is 5.32. The largest absolute Gasteiger partial charge is 0.351 e. The molecule has 6 nitrogen and oxygen atoms in total. The summed E-state index contributed by atoms with van der Waals surface area (Å²) < 4.78 is 27.0. The molecular weight excluding hydrogens is 322 g/mol. The van der Waals surface area contributed by atoms with Gasteiger partial charge in [-0.1, -0.05) is 11.6 Å². The molecule has 0 unspecified atom stereocenters. The quantitative estimate of drug-likeness (QED) is 0.802. The normalized spacial score (nSPS) is 11.1. The van der Waals surface area contributed by atoms with E-state index in [4.69, 9.17) is 17.3 Å². The number of anilines is 2. The minimum Gasteiger partial charge on any atom is -0.351 e. The average Bonchev–Trinajstić information content (AvgIpc) is 2.78. The first kappa shape index (κ1) is 14.6. The molecular formula is C11H10ClN3O3S2. The van der Waals surface area contributed by atoms with Crippen molar-refractivity contribution in [2.75, 3.05) is 10.0 Å². The van der Waals surface area contributed by atoms with Crippen molar-refractivity contribution in [3.8, 4) is 0 Å². The number of amides is 2. The third-order valence-electron chi connectivity index (χ3n) is 2.22. The van der Waals surface area contributed by atoms with Gasteiger partial charge < -0.3 is 11.1 Å². The molecule has 0 aliphatic carbocycles. The van der Waals surface area contributed by atoms with E-state index in [2.05, 4.69) is 10.0 Å². The topological polar surface area (TPSA) is 101 Å². The van der Waals surface area contributed by atoms with Crippen LogP contribution >= 0.6 is 22.9 Å². The Balaban J connectivity index is 2.15. The highest BCUT2D eigenvalue weighted by Gasteiger charge is 2.16. The van der Waals surface area contributed by atoms with E-state index in [0.717, 1.165) is 11.3 Å². The molecule has 1 aromatic heterocycles. The number of primary amides is 1. The summed E-state index contributed by atoms with van der Waals surface area (Å²) in [6.07, 6.45) is 0. The first-order valence-electron chi connectivity index (χ1n) is 5.31. The number of benzene rings is 1. The van der Waals surface area contributed by atoms with Gasteiger partial charge in [0, 0.05) is 11.4 Å². The molecule has 0 radical (unpaired) electrons. The lowest BCUT2D eigenvalue weighted by Crippen LogP contribution is -2.19. The van der Waals surface area contributed by atoms with Crippen LogP contribution in [0.15, 0.2) is 40.6 Å². The lowest BCUT2D eigenvalue weighted by molar-refractivity contribution is 0.259. The third kappa shape index (κ3) is 3.62. The molecule has 1 aromatic carbocycles. The highest BCUT2D eigenvalue weighted by molar-refractivity contribution is 7.94. The highest BCUT2D eigenvalue weighted by Crippen LogP contribution is 2.27. The van der Waals surface area contributed by atoms with Gasteiger partial charge in [-0.3, -0.25) is 4.72 Å². The molecule has 0 fully saturated rings. The van der Waals surface area contributed by atoms with Crippen LogP contribution < -0.4 is 15.8 Å². The highest BCUT2D eigenvalue weighted by atomic mass is 35.5. The molecule has 9 heteroatoms. The Kier molecular flexibility index (Phi) is 4.17. The van der Waals surface area contributed by atoms with Crippen LogP contribution in [-0.4, -0.2) is 14.4 Å². The second kappa shape index (κ2) is 5.70. The van der Waals surface area contributed by atoms with E-state index < -0.39 is 16.1 Å². The Morgan fingerprint density at radius 1 is 1.10 bits per heavy atom. The molecule has 0 spiro atoms. The minimum absolute atomic E-state index is 0.127. The average molecular weight is 332 g/mol. The van der Waals surface area contributed by atoms with Crippen molar-refractivity contribution in [2.45, 2.75) is 4.21 Å². The molecule has 0 saturated heterocycles. The molecule has 0 aliphatic heterocycles. The summed E-state index contributed by atoms with van der Waals surface area (Å²) in [6, 6.07) is 8.34. The standard InChI is InChI=1S/C11H10ClN3O3S2/c12-9-5-6-10(19-9)20(17,18)15-8-3-1-7(2-4-8)14-11(13)16/h1-6,15H,(H3,13,14,16). The number of hydrogen-bond donors (Lipinski definition) is 3. The van der Waals surface area contributed by atoms with Gasteiger partial charge in [0.1, 0.15) is 4.21 Å². The predicted octanol–water partition coefficient (Wildman–Crippen LogP) is 2.69. The van der Waals surface area contributed by atoms with E-state index in [9.17, 15) is 13.2 Å². The number of rotatable bonds is 4. The predicted molar refractivity (Wildman–Crippen MR) is 79.8 cm³/mol. The SMILES string of the molecule is NC(=O)Nc1ccc(NS(=O)(=O)c2ccc(Cl)s2)cc1. The van der Waals surface area contributed by atoms with Gasteiger partial charge in [-0.15, -0.1) is 11.3 Å². The summed E-state index contributed by atoms with van der Waals surface area (Å²) in [6.45, 7) is 0. The number of urea groups is 1. The van der Waals surface area contributed by atoms with E-state index in [1.54, 1.807) is 0 Å². The van der Waals surface area contributed by atoms with Crippen LogP contribution in [0, 0.1) is 0 Å². The first-order valence-corrected chi connectivity index (χ1v) is 7.99. The number of halogens is 1. The zero-order valence-corrected chi connectivity index (χ0v) is 12.3. The molecule has 1 heterocycles. The van der Waals surface area contributed by atoms with Gasteiger partial charge in [0.15, 0.2) is 0 Å². The van der Waals surface area contributed by atoms with Crippen LogP contribution in [-0.2, 0) is 10.0 Å². The zero-order valence-electron chi connectivity index (χ0n) is 9.96. The number of hydrogen-bond acceptors (Lipinski definition) is 4. The van der Waals surface area contributed by atoms with E-state index in [-0.39, 0.29) is 4.21 Å². The summed E-state index contributed by atoms with van der Waals surface area (Å²) in [5.41, 5.74) is 5.81.